The van der Waals surface area contributed by atoms with Gasteiger partial charge in [0.2, 0.25) is 11.8 Å². The highest BCUT2D eigenvalue weighted by atomic mass is 16.5. The predicted octanol–water partition coefficient (Wildman–Crippen LogP) is 6.58. The second-order valence-corrected chi connectivity index (χ2v) is 14.6. The first kappa shape index (κ1) is 39.3. The number of imidazole rings is 1. The number of rotatable bonds is 11. The van der Waals surface area contributed by atoms with Crippen LogP contribution in [0.25, 0.3) is 33.8 Å². The number of benzene rings is 4. The maximum absolute atomic E-state index is 13.8. The molecule has 0 spiro atoms. The summed E-state index contributed by atoms with van der Waals surface area (Å²) in [5, 5.41) is 17.5. The lowest BCUT2D eigenvalue weighted by Crippen LogP contribution is -2.48. The molecule has 6 aromatic rings. The Morgan fingerprint density at radius 2 is 1.48 bits per heavy atom. The van der Waals surface area contributed by atoms with E-state index in [0.29, 0.717) is 88.8 Å². The first-order chi connectivity index (χ1) is 29.2. The number of aromatic nitrogens is 3. The molecule has 4 atom stereocenters. The molecule has 2 aliphatic heterocycles. The molecular weight excluding hydrogens is 769 g/mol. The number of fused-ring (bicyclic) bond motifs is 1. The standard InChI is InChI=1S/C44H42N8O8/c1-59-44(58)50-37(27-13-6-3-7-14-27)42(55)52-22-10-18-34(52)39(53)46-30-16-8-15-28(23-30)35-25-45-40(60-35)29-19-20-31-32(24-29)48-38(47-31)33-17-9-21-51(33)41(54)36(49-43(56)57)26-11-4-2-5-12-26/h2-8,11-16,19-20,23-25,33-34,36-37,49H,9-10,17-18,21-22H2,1H3,(H,46,53)(H,47,48)(H,50,58)(H,56,57)/t33-,34-,36+,37+/m0/s1. The fraction of sp³-hybridized carbons (Fsp3) is 0.250. The maximum Gasteiger partial charge on any atom is 0.407 e. The molecule has 2 aromatic heterocycles. The molecule has 2 aliphatic rings. The number of carbonyl (C=O) groups is 5. The Kier molecular flexibility index (Phi) is 11.3. The van der Waals surface area contributed by atoms with Crippen LogP contribution >= 0.6 is 0 Å². The summed E-state index contributed by atoms with van der Waals surface area (Å²) < 4.78 is 11.0. The number of amides is 5. The quantitative estimate of drug-likeness (QED) is 0.0948. The zero-order valence-electron chi connectivity index (χ0n) is 32.5. The molecule has 16 heteroatoms. The molecule has 0 radical (unpaired) electrons. The van der Waals surface area contributed by atoms with Crippen LogP contribution in [0, 0.1) is 0 Å². The fourth-order valence-electron chi connectivity index (χ4n) is 7.95. The van der Waals surface area contributed by atoms with Crippen molar-refractivity contribution in [1.29, 1.82) is 0 Å². The van der Waals surface area contributed by atoms with Gasteiger partial charge < -0.3 is 45.0 Å². The highest BCUT2D eigenvalue weighted by Crippen LogP contribution is 2.35. The van der Waals surface area contributed by atoms with Crippen molar-refractivity contribution in [2.24, 2.45) is 0 Å². The number of hydrogen-bond donors (Lipinski definition) is 5. The van der Waals surface area contributed by atoms with Crippen LogP contribution < -0.4 is 16.0 Å². The first-order valence-electron chi connectivity index (χ1n) is 19.6. The van der Waals surface area contributed by atoms with Gasteiger partial charge >= 0.3 is 12.2 Å². The summed E-state index contributed by atoms with van der Waals surface area (Å²) in [6.07, 6.45) is 2.04. The zero-order valence-corrected chi connectivity index (χ0v) is 32.5. The Morgan fingerprint density at radius 1 is 0.800 bits per heavy atom. The highest BCUT2D eigenvalue weighted by molar-refractivity contribution is 5.99. The van der Waals surface area contributed by atoms with Gasteiger partial charge in [0.05, 0.1) is 30.4 Å². The number of ether oxygens (including phenoxy) is 1. The van der Waals surface area contributed by atoms with Gasteiger partial charge in [-0.1, -0.05) is 72.8 Å². The SMILES string of the molecule is COC(=O)N[C@@H](C(=O)N1CCC[C@H]1C(=O)Nc1cccc(-c2cnc(-c3ccc4nc([C@@H]5CCCN5C(=O)[C@H](NC(=O)O)c5ccccc5)[nH]c4c3)o2)c1)c1ccccc1. The summed E-state index contributed by atoms with van der Waals surface area (Å²) in [6, 6.07) is 27.1. The summed E-state index contributed by atoms with van der Waals surface area (Å²) in [6.45, 7) is 0.820. The number of anilines is 1. The van der Waals surface area contributed by atoms with E-state index in [1.54, 1.807) is 83.9 Å². The van der Waals surface area contributed by atoms with Gasteiger partial charge in [0, 0.05) is 29.9 Å². The average molecular weight is 811 g/mol. The van der Waals surface area contributed by atoms with Crippen LogP contribution in [0.3, 0.4) is 0 Å². The molecule has 0 aliphatic carbocycles. The Hall–Kier alpha value is -7.49. The lowest BCUT2D eigenvalue weighted by molar-refractivity contribution is -0.138. The van der Waals surface area contributed by atoms with Gasteiger partial charge in [0.25, 0.3) is 11.8 Å². The molecule has 0 unspecified atom stereocenters. The Morgan fingerprint density at radius 3 is 2.20 bits per heavy atom. The number of alkyl carbamates (subject to hydrolysis) is 1. The van der Waals surface area contributed by atoms with E-state index in [0.717, 1.165) is 6.42 Å². The van der Waals surface area contributed by atoms with Crippen molar-refractivity contribution in [3.63, 3.8) is 0 Å². The fourth-order valence-corrected chi connectivity index (χ4v) is 7.95. The summed E-state index contributed by atoms with van der Waals surface area (Å²) >= 11 is 0. The van der Waals surface area contributed by atoms with E-state index in [1.165, 1.54) is 12.0 Å². The number of likely N-dealkylation sites (tertiary alicyclic amines) is 2. The van der Waals surface area contributed by atoms with E-state index in [1.807, 2.05) is 30.3 Å². The number of oxazole rings is 1. The second-order valence-electron chi connectivity index (χ2n) is 14.6. The molecular formula is C44H42N8O8. The Bertz CT molecular complexity index is 2540. The third-order valence-corrected chi connectivity index (χ3v) is 10.8. The number of nitrogens with one attached hydrogen (secondary N) is 4. The van der Waals surface area contributed by atoms with Crippen LogP contribution in [0.4, 0.5) is 15.3 Å². The van der Waals surface area contributed by atoms with E-state index in [2.05, 4.69) is 25.9 Å². The van der Waals surface area contributed by atoms with Gasteiger partial charge in [0.15, 0.2) is 5.76 Å². The van der Waals surface area contributed by atoms with E-state index < -0.39 is 36.2 Å². The normalized spacial score (nSPS) is 17.2. The minimum Gasteiger partial charge on any atom is -0.465 e. The van der Waals surface area contributed by atoms with Crippen molar-refractivity contribution in [1.82, 2.24) is 35.4 Å². The maximum atomic E-state index is 13.8. The average Bonchev–Trinajstić information content (AvgIpc) is 4.11. The molecule has 2 saturated heterocycles. The minimum absolute atomic E-state index is 0.346. The predicted molar refractivity (Wildman–Crippen MR) is 219 cm³/mol. The van der Waals surface area contributed by atoms with Gasteiger partial charge in [-0.05, 0) is 67.1 Å². The monoisotopic (exact) mass is 810 g/mol. The molecule has 5 N–H and O–H groups in total. The van der Waals surface area contributed by atoms with Crippen LogP contribution in [-0.4, -0.2) is 86.0 Å². The molecule has 4 heterocycles. The molecule has 60 heavy (non-hydrogen) atoms. The van der Waals surface area contributed by atoms with Crippen molar-refractivity contribution in [3.05, 3.63) is 126 Å². The van der Waals surface area contributed by atoms with E-state index in [4.69, 9.17) is 14.1 Å². The van der Waals surface area contributed by atoms with Crippen molar-refractivity contribution >= 4 is 46.6 Å². The highest BCUT2D eigenvalue weighted by Gasteiger charge is 2.39. The number of nitrogens with zero attached hydrogens (tertiary/aromatic N) is 4. The number of H-pyrrole nitrogens is 1. The van der Waals surface area contributed by atoms with E-state index in [-0.39, 0.29) is 17.9 Å². The minimum atomic E-state index is -1.29. The third-order valence-electron chi connectivity index (χ3n) is 10.8. The molecule has 0 saturated carbocycles. The number of carboxylic acid groups (broad SMARTS) is 1. The van der Waals surface area contributed by atoms with Gasteiger partial charge in [-0.15, -0.1) is 0 Å². The lowest BCUT2D eigenvalue weighted by atomic mass is 10.0. The van der Waals surface area contributed by atoms with E-state index in [9.17, 15) is 29.1 Å². The molecule has 2 fully saturated rings. The zero-order chi connectivity index (χ0) is 41.8. The number of aromatic amines is 1. The smallest absolute Gasteiger partial charge is 0.407 e. The number of carbonyl (C=O) groups excluding carboxylic acids is 4. The first-order valence-corrected chi connectivity index (χ1v) is 19.6. The van der Waals surface area contributed by atoms with E-state index >= 15 is 0 Å². The van der Waals surface area contributed by atoms with Crippen LogP contribution in [0.5, 0.6) is 0 Å². The van der Waals surface area contributed by atoms with Crippen molar-refractivity contribution in [3.8, 4) is 22.8 Å². The molecule has 4 aromatic carbocycles. The van der Waals surface area contributed by atoms with Gasteiger partial charge in [-0.25, -0.2) is 19.6 Å². The van der Waals surface area contributed by atoms with Crippen LogP contribution in [0.2, 0.25) is 0 Å². The van der Waals surface area contributed by atoms with Crippen molar-refractivity contribution in [2.75, 3.05) is 25.5 Å². The van der Waals surface area contributed by atoms with Gasteiger partial charge in [-0.2, -0.15) is 0 Å². The lowest BCUT2D eigenvalue weighted by Gasteiger charge is -2.28. The number of hydrogen-bond acceptors (Lipinski definition) is 9. The summed E-state index contributed by atoms with van der Waals surface area (Å²) in [4.78, 5) is 81.0. The number of methoxy groups -OCH3 is 1. The molecule has 306 valence electrons. The van der Waals surface area contributed by atoms with Gasteiger partial charge in [-0.3, -0.25) is 14.4 Å². The van der Waals surface area contributed by atoms with Crippen LogP contribution in [0.1, 0.15) is 60.8 Å². The molecule has 0 bridgehead atoms. The van der Waals surface area contributed by atoms with Crippen molar-refractivity contribution < 1.29 is 38.2 Å². The summed E-state index contributed by atoms with van der Waals surface area (Å²) in [5.74, 6) is 0.309. The Labute approximate surface area is 343 Å². The largest absolute Gasteiger partial charge is 0.465 e. The topological polar surface area (TPSA) is 212 Å². The third kappa shape index (κ3) is 8.25. The summed E-state index contributed by atoms with van der Waals surface area (Å²) in [7, 11) is 1.22. The molecule has 8 rings (SSSR count). The summed E-state index contributed by atoms with van der Waals surface area (Å²) in [5.41, 5.74) is 4.38. The van der Waals surface area contributed by atoms with Crippen LogP contribution in [0.15, 0.2) is 114 Å². The Balaban J connectivity index is 0.958. The van der Waals surface area contributed by atoms with Gasteiger partial charge in [0.1, 0.15) is 23.9 Å². The van der Waals surface area contributed by atoms with Crippen molar-refractivity contribution in [2.45, 2.75) is 49.9 Å². The second kappa shape index (κ2) is 17.2. The van der Waals surface area contributed by atoms with Crippen LogP contribution in [-0.2, 0) is 19.1 Å². The molecule has 16 nitrogen and oxygen atoms in total. The molecule has 5 amide bonds.